The first-order valence-corrected chi connectivity index (χ1v) is 4.76. The van der Waals surface area contributed by atoms with E-state index >= 15 is 0 Å². The van der Waals surface area contributed by atoms with Crippen molar-refractivity contribution in [3.63, 3.8) is 0 Å². The predicted molar refractivity (Wildman–Crippen MR) is 57.2 cm³/mol. The van der Waals surface area contributed by atoms with Crippen molar-refractivity contribution in [2.45, 2.75) is 13.0 Å². The Bertz CT molecular complexity index is 385. The summed E-state index contributed by atoms with van der Waals surface area (Å²) in [4.78, 5) is 21.8. The average Bonchev–Trinajstić information content (AvgIpc) is 2.26. The molecule has 0 aliphatic rings. The summed E-state index contributed by atoms with van der Waals surface area (Å²) in [5.74, 6) is -1.76. The molecule has 1 aromatic carbocycles. The summed E-state index contributed by atoms with van der Waals surface area (Å²) in [5, 5.41) is 19.7. The number of amides is 1. The summed E-state index contributed by atoms with van der Waals surface area (Å²) in [6.45, 7) is 1.60. The van der Waals surface area contributed by atoms with Crippen LogP contribution in [0.4, 0.5) is 0 Å². The third-order valence-corrected chi connectivity index (χ3v) is 2.05. The highest BCUT2D eigenvalue weighted by Gasteiger charge is 2.14. The lowest BCUT2D eigenvalue weighted by atomic mass is 10.1. The third-order valence-electron chi connectivity index (χ3n) is 2.05. The zero-order valence-electron chi connectivity index (χ0n) is 8.80. The lowest BCUT2D eigenvalue weighted by molar-refractivity contribution is -0.146. The van der Waals surface area contributed by atoms with Crippen molar-refractivity contribution >= 4 is 11.9 Å². The van der Waals surface area contributed by atoms with Crippen molar-refractivity contribution in [3.8, 4) is 0 Å². The summed E-state index contributed by atoms with van der Waals surface area (Å²) in [5.41, 5.74) is 1.46. The summed E-state index contributed by atoms with van der Waals surface area (Å²) >= 11 is 0. The number of rotatable bonds is 4. The number of hydrogen-bond acceptors (Lipinski definition) is 3. The molecule has 0 spiro atoms. The highest BCUT2D eigenvalue weighted by Crippen LogP contribution is 2.02. The number of carbonyl (C=O) groups is 2. The Hall–Kier alpha value is -1.88. The van der Waals surface area contributed by atoms with Gasteiger partial charge in [0.05, 0.1) is 6.54 Å². The summed E-state index contributed by atoms with van der Waals surface area (Å²) in [6, 6.07) is 6.83. The van der Waals surface area contributed by atoms with E-state index in [4.69, 9.17) is 10.2 Å². The molecule has 0 bridgehead atoms. The Morgan fingerprint density at radius 1 is 1.31 bits per heavy atom. The van der Waals surface area contributed by atoms with Crippen LogP contribution in [0.15, 0.2) is 24.3 Å². The van der Waals surface area contributed by atoms with E-state index in [9.17, 15) is 9.59 Å². The molecule has 0 radical (unpaired) electrons. The van der Waals surface area contributed by atoms with E-state index in [-0.39, 0.29) is 6.54 Å². The van der Waals surface area contributed by atoms with E-state index in [2.05, 4.69) is 5.32 Å². The van der Waals surface area contributed by atoms with Gasteiger partial charge in [0.15, 0.2) is 6.10 Å². The lowest BCUT2D eigenvalue weighted by Gasteiger charge is -2.07. The standard InChI is InChI=1S/C11H13NO4/c1-7-2-4-8(5-3-7)10(14)12-6-9(13)11(15)16/h2-5,9,13H,6H2,1H3,(H,12,14)(H,15,16). The van der Waals surface area contributed by atoms with E-state index in [1.54, 1.807) is 24.3 Å². The number of aryl methyl sites for hydroxylation is 1. The van der Waals surface area contributed by atoms with Gasteiger partial charge in [-0.15, -0.1) is 0 Å². The number of benzene rings is 1. The number of aliphatic hydroxyl groups excluding tert-OH is 1. The SMILES string of the molecule is Cc1ccc(C(=O)NCC(O)C(=O)O)cc1. The maximum atomic E-state index is 11.5. The van der Waals surface area contributed by atoms with Crippen molar-refractivity contribution in [2.75, 3.05) is 6.54 Å². The van der Waals surface area contributed by atoms with Gasteiger partial charge < -0.3 is 15.5 Å². The Balaban J connectivity index is 2.53. The first kappa shape index (κ1) is 12.2. The molecule has 0 aliphatic carbocycles. The van der Waals surface area contributed by atoms with Gasteiger partial charge in [-0.1, -0.05) is 17.7 Å². The molecule has 0 saturated heterocycles. The van der Waals surface area contributed by atoms with Crippen molar-refractivity contribution < 1.29 is 19.8 Å². The van der Waals surface area contributed by atoms with Crippen molar-refractivity contribution in [2.24, 2.45) is 0 Å². The van der Waals surface area contributed by atoms with Gasteiger partial charge in [-0.3, -0.25) is 4.79 Å². The minimum absolute atomic E-state index is 0.304. The molecule has 1 unspecified atom stereocenters. The molecular weight excluding hydrogens is 210 g/mol. The summed E-state index contributed by atoms with van der Waals surface area (Å²) in [6.07, 6.45) is -1.57. The quantitative estimate of drug-likeness (QED) is 0.679. The monoisotopic (exact) mass is 223 g/mol. The van der Waals surface area contributed by atoms with Gasteiger partial charge in [0.25, 0.3) is 5.91 Å². The molecule has 3 N–H and O–H groups in total. The number of aliphatic carboxylic acids is 1. The zero-order chi connectivity index (χ0) is 12.1. The van der Waals surface area contributed by atoms with Crippen LogP contribution >= 0.6 is 0 Å². The second kappa shape index (κ2) is 5.27. The maximum absolute atomic E-state index is 11.5. The Labute approximate surface area is 92.7 Å². The molecule has 0 aromatic heterocycles. The highest BCUT2D eigenvalue weighted by atomic mass is 16.4. The van der Waals surface area contributed by atoms with Crippen LogP contribution in [-0.2, 0) is 4.79 Å². The average molecular weight is 223 g/mol. The highest BCUT2D eigenvalue weighted by molar-refractivity contribution is 5.94. The Morgan fingerprint density at radius 2 is 1.88 bits per heavy atom. The van der Waals surface area contributed by atoms with E-state index in [1.165, 1.54) is 0 Å². The van der Waals surface area contributed by atoms with Crippen LogP contribution in [0.2, 0.25) is 0 Å². The molecule has 1 amide bonds. The lowest BCUT2D eigenvalue weighted by Crippen LogP contribution is -2.36. The minimum Gasteiger partial charge on any atom is -0.479 e. The molecule has 0 saturated carbocycles. The molecular formula is C11H13NO4. The molecule has 1 rings (SSSR count). The fraction of sp³-hybridized carbons (Fsp3) is 0.273. The van der Waals surface area contributed by atoms with Crippen LogP contribution in [0, 0.1) is 6.92 Å². The van der Waals surface area contributed by atoms with Crippen LogP contribution in [-0.4, -0.2) is 34.7 Å². The van der Waals surface area contributed by atoms with Crippen LogP contribution < -0.4 is 5.32 Å². The van der Waals surface area contributed by atoms with Gasteiger partial charge >= 0.3 is 5.97 Å². The van der Waals surface area contributed by atoms with Crippen LogP contribution in [0.1, 0.15) is 15.9 Å². The van der Waals surface area contributed by atoms with Crippen molar-refractivity contribution in [1.82, 2.24) is 5.32 Å². The van der Waals surface area contributed by atoms with Crippen LogP contribution in [0.5, 0.6) is 0 Å². The number of carboxylic acid groups (broad SMARTS) is 1. The molecule has 5 heteroatoms. The smallest absolute Gasteiger partial charge is 0.334 e. The zero-order valence-corrected chi connectivity index (χ0v) is 8.80. The van der Waals surface area contributed by atoms with E-state index in [0.717, 1.165) is 5.56 Å². The Kier molecular flexibility index (Phi) is 4.02. The van der Waals surface area contributed by atoms with Crippen LogP contribution in [0.3, 0.4) is 0 Å². The number of aliphatic hydroxyl groups is 1. The molecule has 0 fully saturated rings. The van der Waals surface area contributed by atoms with Gasteiger partial charge in [0.2, 0.25) is 0 Å². The number of hydrogen-bond donors (Lipinski definition) is 3. The molecule has 1 atom stereocenters. The van der Waals surface area contributed by atoms with E-state index in [1.807, 2.05) is 6.92 Å². The van der Waals surface area contributed by atoms with Crippen molar-refractivity contribution in [1.29, 1.82) is 0 Å². The molecule has 0 aliphatic heterocycles. The molecule has 86 valence electrons. The number of carboxylic acids is 1. The second-order valence-corrected chi connectivity index (χ2v) is 3.43. The fourth-order valence-electron chi connectivity index (χ4n) is 1.08. The van der Waals surface area contributed by atoms with E-state index < -0.39 is 18.0 Å². The first-order chi connectivity index (χ1) is 7.50. The van der Waals surface area contributed by atoms with Crippen molar-refractivity contribution in [3.05, 3.63) is 35.4 Å². The normalized spacial score (nSPS) is 11.9. The van der Waals surface area contributed by atoms with Gasteiger partial charge in [-0.25, -0.2) is 4.79 Å². The fourth-order valence-corrected chi connectivity index (χ4v) is 1.08. The van der Waals surface area contributed by atoms with Crippen LogP contribution in [0.25, 0.3) is 0 Å². The maximum Gasteiger partial charge on any atom is 0.334 e. The largest absolute Gasteiger partial charge is 0.479 e. The summed E-state index contributed by atoms with van der Waals surface area (Å²) < 4.78 is 0. The number of carbonyl (C=O) groups excluding carboxylic acids is 1. The molecule has 1 aromatic rings. The topological polar surface area (TPSA) is 86.6 Å². The van der Waals surface area contributed by atoms with Gasteiger partial charge in [-0.2, -0.15) is 0 Å². The third kappa shape index (κ3) is 3.36. The minimum atomic E-state index is -1.57. The van der Waals surface area contributed by atoms with Gasteiger partial charge in [-0.05, 0) is 19.1 Å². The first-order valence-electron chi connectivity index (χ1n) is 4.76. The van der Waals surface area contributed by atoms with Gasteiger partial charge in [0.1, 0.15) is 0 Å². The number of nitrogens with one attached hydrogen (secondary N) is 1. The Morgan fingerprint density at radius 3 is 2.38 bits per heavy atom. The summed E-state index contributed by atoms with van der Waals surface area (Å²) in [7, 11) is 0. The molecule has 0 heterocycles. The molecule has 16 heavy (non-hydrogen) atoms. The predicted octanol–water partition coefficient (Wildman–Crippen LogP) is 0.170. The van der Waals surface area contributed by atoms with Gasteiger partial charge in [0, 0.05) is 5.56 Å². The van der Waals surface area contributed by atoms with E-state index in [0.29, 0.717) is 5.56 Å². The second-order valence-electron chi connectivity index (χ2n) is 3.43. The molecule has 5 nitrogen and oxygen atoms in total.